The van der Waals surface area contributed by atoms with Crippen molar-refractivity contribution in [1.82, 2.24) is 5.32 Å². The average molecular weight is 333 g/mol. The van der Waals surface area contributed by atoms with Crippen molar-refractivity contribution in [3.63, 3.8) is 0 Å². The van der Waals surface area contributed by atoms with Gasteiger partial charge in [0, 0.05) is 12.1 Å². The summed E-state index contributed by atoms with van der Waals surface area (Å²) in [6.45, 7) is -0.0514. The van der Waals surface area contributed by atoms with Gasteiger partial charge in [0.2, 0.25) is 0 Å². The smallest absolute Gasteiger partial charge is 0.330 e. The molecule has 1 aromatic carbocycles. The molecular weight excluding hydrogens is 310 g/mol. The first-order chi connectivity index (χ1) is 11.6. The molecule has 0 unspecified atom stereocenters. The third-order valence-electron chi connectivity index (χ3n) is 3.88. The Morgan fingerprint density at radius 3 is 2.62 bits per heavy atom. The molecule has 6 nitrogen and oxygen atoms in total. The van der Waals surface area contributed by atoms with Crippen molar-refractivity contribution in [3.05, 3.63) is 29.8 Å². The predicted octanol–water partition coefficient (Wildman–Crippen LogP) is 2.32. The lowest BCUT2D eigenvalue weighted by atomic mass is 10.2. The van der Waals surface area contributed by atoms with Crippen molar-refractivity contribution < 1.29 is 23.8 Å². The molecule has 24 heavy (non-hydrogen) atoms. The molecule has 0 spiro atoms. The van der Waals surface area contributed by atoms with Crippen LogP contribution in [0.25, 0.3) is 6.08 Å². The van der Waals surface area contributed by atoms with Crippen molar-refractivity contribution in [2.45, 2.75) is 31.7 Å². The maximum Gasteiger partial charge on any atom is 0.330 e. The number of carbonyl (C=O) groups is 2. The molecule has 0 aromatic heterocycles. The summed E-state index contributed by atoms with van der Waals surface area (Å²) in [4.78, 5) is 23.0. The maximum atomic E-state index is 11.9. The molecule has 1 fully saturated rings. The Labute approximate surface area is 141 Å². The van der Waals surface area contributed by atoms with Gasteiger partial charge in [-0.3, -0.25) is 4.79 Å². The van der Waals surface area contributed by atoms with Gasteiger partial charge in [-0.15, -0.1) is 0 Å². The summed E-state index contributed by atoms with van der Waals surface area (Å²) >= 11 is 0. The Kier molecular flexibility index (Phi) is 6.66. The second-order valence-electron chi connectivity index (χ2n) is 5.60. The van der Waals surface area contributed by atoms with Crippen LogP contribution in [-0.2, 0) is 14.3 Å². The third-order valence-corrected chi connectivity index (χ3v) is 3.88. The van der Waals surface area contributed by atoms with Gasteiger partial charge in [-0.05, 0) is 36.6 Å². The minimum Gasteiger partial charge on any atom is -0.493 e. The van der Waals surface area contributed by atoms with E-state index in [1.807, 2.05) is 0 Å². The second-order valence-corrected chi connectivity index (χ2v) is 5.60. The van der Waals surface area contributed by atoms with Gasteiger partial charge < -0.3 is 19.5 Å². The number of esters is 1. The van der Waals surface area contributed by atoms with E-state index in [1.165, 1.54) is 33.1 Å². The lowest BCUT2D eigenvalue weighted by Gasteiger charge is -2.14. The highest BCUT2D eigenvalue weighted by molar-refractivity contribution is 5.87. The lowest BCUT2D eigenvalue weighted by molar-refractivity contribution is -0.134. The minimum absolute atomic E-state index is 0.0514. The third kappa shape index (κ3) is 5.30. The molecule has 130 valence electrons. The molecule has 0 bridgehead atoms. The number of amides is 1. The highest BCUT2D eigenvalue weighted by atomic mass is 16.5. The zero-order chi connectivity index (χ0) is 17.4. The second kappa shape index (κ2) is 8.96. The van der Waals surface area contributed by atoms with Crippen molar-refractivity contribution >= 4 is 18.0 Å². The normalized spacial score (nSPS) is 14.6. The van der Waals surface area contributed by atoms with Gasteiger partial charge in [-0.1, -0.05) is 18.9 Å². The molecule has 1 aromatic rings. The van der Waals surface area contributed by atoms with Gasteiger partial charge in [0.25, 0.3) is 5.91 Å². The number of carbonyl (C=O) groups excluding carboxylic acids is 2. The molecule has 0 atom stereocenters. The van der Waals surface area contributed by atoms with E-state index in [0.29, 0.717) is 11.5 Å². The molecule has 0 aliphatic heterocycles. The Balaban J connectivity index is 1.93. The topological polar surface area (TPSA) is 73.9 Å². The largest absolute Gasteiger partial charge is 0.493 e. The van der Waals surface area contributed by atoms with Gasteiger partial charge in [0.1, 0.15) is 0 Å². The number of methoxy groups -OCH3 is 2. The van der Waals surface area contributed by atoms with E-state index in [9.17, 15) is 9.59 Å². The molecule has 0 heterocycles. The molecule has 1 N–H and O–H groups in total. The van der Waals surface area contributed by atoms with Crippen LogP contribution in [0.1, 0.15) is 31.2 Å². The van der Waals surface area contributed by atoms with Crippen LogP contribution in [0.4, 0.5) is 0 Å². The van der Waals surface area contributed by atoms with Gasteiger partial charge in [0.15, 0.2) is 18.1 Å². The number of hydrogen-bond acceptors (Lipinski definition) is 5. The molecule has 1 saturated carbocycles. The molecule has 1 aliphatic rings. The fourth-order valence-corrected chi connectivity index (χ4v) is 2.62. The van der Waals surface area contributed by atoms with E-state index in [2.05, 4.69) is 10.1 Å². The fourth-order valence-electron chi connectivity index (χ4n) is 2.62. The lowest BCUT2D eigenvalue weighted by Crippen LogP contribution is -2.36. The maximum absolute atomic E-state index is 11.9. The van der Waals surface area contributed by atoms with Crippen molar-refractivity contribution in [2.75, 3.05) is 20.8 Å². The first-order valence-corrected chi connectivity index (χ1v) is 7.98. The number of hydrogen-bond donors (Lipinski definition) is 1. The van der Waals surface area contributed by atoms with Crippen LogP contribution in [0.2, 0.25) is 0 Å². The predicted molar refractivity (Wildman–Crippen MR) is 89.9 cm³/mol. The Hall–Kier alpha value is -2.50. The summed E-state index contributed by atoms with van der Waals surface area (Å²) < 4.78 is 15.4. The summed E-state index contributed by atoms with van der Waals surface area (Å²) in [5.74, 6) is 0.418. The van der Waals surface area contributed by atoms with Crippen molar-refractivity contribution in [3.8, 4) is 11.5 Å². The van der Waals surface area contributed by atoms with E-state index >= 15 is 0 Å². The van der Waals surface area contributed by atoms with Crippen molar-refractivity contribution in [2.24, 2.45) is 0 Å². The van der Waals surface area contributed by atoms with Crippen LogP contribution in [0, 0.1) is 0 Å². The molecule has 1 amide bonds. The monoisotopic (exact) mass is 333 g/mol. The molecule has 1 aliphatic carbocycles. The van der Waals surface area contributed by atoms with Crippen LogP contribution >= 0.6 is 0 Å². The summed E-state index contributed by atoms with van der Waals surface area (Å²) in [7, 11) is 2.84. The Bertz CT molecular complexity index is 605. The number of benzene rings is 1. The van der Waals surface area contributed by atoms with Crippen LogP contribution in [0.15, 0.2) is 24.3 Å². The van der Waals surface area contributed by atoms with Crippen LogP contribution in [0.5, 0.6) is 11.5 Å². The van der Waals surface area contributed by atoms with Crippen LogP contribution in [-0.4, -0.2) is 38.7 Å². The number of ether oxygens (including phenoxy) is 3. The molecule has 2 rings (SSSR count). The summed E-state index contributed by atoms with van der Waals surface area (Å²) in [6, 6.07) is 5.47. The van der Waals surface area contributed by atoms with Gasteiger partial charge in [0.05, 0.1) is 14.2 Å². The Morgan fingerprint density at radius 2 is 1.96 bits per heavy atom. The van der Waals surface area contributed by atoms with Gasteiger partial charge in [-0.25, -0.2) is 4.79 Å². The number of rotatable bonds is 7. The molecule has 0 radical (unpaired) electrons. The van der Waals surface area contributed by atoms with Gasteiger partial charge >= 0.3 is 5.97 Å². The van der Waals surface area contributed by atoms with Crippen LogP contribution < -0.4 is 14.8 Å². The summed E-state index contributed by atoms with van der Waals surface area (Å²) in [5.41, 5.74) is 0.764. The molecular formula is C18H23NO5. The first kappa shape index (κ1) is 17.8. The Morgan fingerprint density at radius 1 is 1.21 bits per heavy atom. The first-order valence-electron chi connectivity index (χ1n) is 7.98. The van der Waals surface area contributed by atoms with E-state index < -0.39 is 5.97 Å². The standard InChI is InChI=1S/C18H23NO5/c1-22-16-11-13(8-10-18(21)23-2)7-9-15(16)24-12-17(20)19-14-5-3-4-6-14/h7-11,14H,3-6,12H2,1-2H3,(H,19,20)/b10-8+. The fraction of sp³-hybridized carbons (Fsp3) is 0.444. The van der Waals surface area contributed by atoms with E-state index in [4.69, 9.17) is 9.47 Å². The van der Waals surface area contributed by atoms with E-state index in [1.54, 1.807) is 24.3 Å². The van der Waals surface area contributed by atoms with E-state index in [-0.39, 0.29) is 18.6 Å². The molecule has 6 heteroatoms. The highest BCUT2D eigenvalue weighted by Gasteiger charge is 2.17. The van der Waals surface area contributed by atoms with Crippen LogP contribution in [0.3, 0.4) is 0 Å². The van der Waals surface area contributed by atoms with Crippen molar-refractivity contribution in [1.29, 1.82) is 0 Å². The SMILES string of the molecule is COC(=O)/C=C/c1ccc(OCC(=O)NC2CCCC2)c(OC)c1. The minimum atomic E-state index is -0.433. The quantitative estimate of drug-likeness (QED) is 0.612. The number of nitrogens with one attached hydrogen (secondary N) is 1. The summed E-state index contributed by atoms with van der Waals surface area (Å²) in [5, 5.41) is 2.97. The highest BCUT2D eigenvalue weighted by Crippen LogP contribution is 2.28. The molecule has 0 saturated heterocycles. The summed E-state index contributed by atoms with van der Waals surface area (Å²) in [6.07, 6.45) is 7.35. The van der Waals surface area contributed by atoms with Gasteiger partial charge in [-0.2, -0.15) is 0 Å². The zero-order valence-corrected chi connectivity index (χ0v) is 14.0. The zero-order valence-electron chi connectivity index (χ0n) is 14.0. The van der Waals surface area contributed by atoms with E-state index in [0.717, 1.165) is 18.4 Å². The average Bonchev–Trinajstić information content (AvgIpc) is 3.10.